The molecule has 0 spiro atoms. The van der Waals surface area contributed by atoms with Crippen LogP contribution in [0.25, 0.3) is 0 Å². The maximum absolute atomic E-state index is 12.2. The Balaban J connectivity index is 2.38. The molecule has 17 heavy (non-hydrogen) atoms. The highest BCUT2D eigenvalue weighted by Gasteiger charge is 2.35. The molecule has 1 aliphatic carbocycles. The number of nitrogens with zero attached hydrogens (tertiary/aromatic N) is 1. The predicted octanol–water partition coefficient (Wildman–Crippen LogP) is 0.568. The lowest BCUT2D eigenvalue weighted by molar-refractivity contribution is 0.1000. The van der Waals surface area contributed by atoms with Crippen LogP contribution in [-0.2, 0) is 10.0 Å². The molecule has 6 heteroatoms. The number of hydrogen-bond donors (Lipinski definition) is 1. The van der Waals surface area contributed by atoms with E-state index in [9.17, 15) is 13.2 Å². The van der Waals surface area contributed by atoms with Gasteiger partial charge in [0.25, 0.3) is 0 Å². The number of sulfonamides is 1. The predicted molar refractivity (Wildman–Crippen MR) is 62.9 cm³/mol. The summed E-state index contributed by atoms with van der Waals surface area (Å²) in [5.74, 6) is -0.629. The van der Waals surface area contributed by atoms with E-state index in [1.807, 2.05) is 0 Å². The fourth-order valence-corrected chi connectivity index (χ4v) is 3.07. The maximum atomic E-state index is 12.2. The fraction of sp³-hybridized carbons (Fsp3) is 0.364. The first-order valence-corrected chi connectivity index (χ1v) is 6.75. The van der Waals surface area contributed by atoms with Crippen molar-refractivity contribution in [3.8, 4) is 0 Å². The van der Waals surface area contributed by atoms with Crippen LogP contribution in [0.2, 0.25) is 0 Å². The third-order valence-corrected chi connectivity index (χ3v) is 4.76. The van der Waals surface area contributed by atoms with Crippen molar-refractivity contribution >= 4 is 15.9 Å². The van der Waals surface area contributed by atoms with Gasteiger partial charge < -0.3 is 5.73 Å². The molecule has 0 atom stereocenters. The highest BCUT2D eigenvalue weighted by atomic mass is 32.2. The molecule has 0 unspecified atom stereocenters. The van der Waals surface area contributed by atoms with Crippen molar-refractivity contribution in [1.29, 1.82) is 0 Å². The van der Waals surface area contributed by atoms with E-state index in [1.165, 1.54) is 28.6 Å². The maximum Gasteiger partial charge on any atom is 0.248 e. The zero-order chi connectivity index (χ0) is 12.6. The Hall–Kier alpha value is -1.40. The average Bonchev–Trinajstić information content (AvgIpc) is 3.12. The van der Waals surface area contributed by atoms with E-state index in [0.29, 0.717) is 0 Å². The molecule has 2 rings (SSSR count). The first-order valence-electron chi connectivity index (χ1n) is 5.31. The minimum atomic E-state index is -3.51. The minimum Gasteiger partial charge on any atom is -0.366 e. The van der Waals surface area contributed by atoms with E-state index >= 15 is 0 Å². The van der Waals surface area contributed by atoms with Gasteiger partial charge in [0.05, 0.1) is 4.90 Å². The van der Waals surface area contributed by atoms with Crippen LogP contribution in [0.15, 0.2) is 29.2 Å². The van der Waals surface area contributed by atoms with Gasteiger partial charge in [-0.05, 0) is 31.0 Å². The first-order chi connectivity index (χ1) is 7.93. The molecule has 1 saturated carbocycles. The largest absolute Gasteiger partial charge is 0.366 e. The van der Waals surface area contributed by atoms with Gasteiger partial charge >= 0.3 is 0 Å². The van der Waals surface area contributed by atoms with Gasteiger partial charge in [-0.3, -0.25) is 4.79 Å². The highest BCUT2D eigenvalue weighted by molar-refractivity contribution is 7.89. The van der Waals surface area contributed by atoms with Crippen molar-refractivity contribution in [2.75, 3.05) is 7.05 Å². The summed E-state index contributed by atoms with van der Waals surface area (Å²) in [7, 11) is -1.95. The number of hydrogen-bond acceptors (Lipinski definition) is 3. The molecule has 1 aromatic rings. The molecule has 0 aromatic heterocycles. The van der Waals surface area contributed by atoms with Crippen molar-refractivity contribution in [1.82, 2.24) is 4.31 Å². The van der Waals surface area contributed by atoms with Crippen LogP contribution in [-0.4, -0.2) is 31.7 Å². The van der Waals surface area contributed by atoms with Crippen LogP contribution < -0.4 is 5.73 Å². The van der Waals surface area contributed by atoms with Gasteiger partial charge in [0.15, 0.2) is 0 Å². The molecule has 1 amide bonds. The SMILES string of the molecule is CN(C1CC1)S(=O)(=O)c1cccc(C(N)=O)c1. The summed E-state index contributed by atoms with van der Waals surface area (Å²) in [4.78, 5) is 11.1. The third kappa shape index (κ3) is 2.32. The van der Waals surface area contributed by atoms with Crippen LogP contribution in [0.5, 0.6) is 0 Å². The number of carbonyl (C=O) groups excluding carboxylic acids is 1. The lowest BCUT2D eigenvalue weighted by Crippen LogP contribution is -2.29. The zero-order valence-corrected chi connectivity index (χ0v) is 10.3. The molecule has 1 aliphatic rings. The van der Waals surface area contributed by atoms with Crippen LogP contribution in [0.4, 0.5) is 0 Å². The van der Waals surface area contributed by atoms with Gasteiger partial charge in [-0.25, -0.2) is 8.42 Å². The summed E-state index contributed by atoms with van der Waals surface area (Å²) in [5, 5.41) is 0. The molecule has 92 valence electrons. The second kappa shape index (κ2) is 4.12. The molecule has 2 N–H and O–H groups in total. The fourth-order valence-electron chi connectivity index (χ4n) is 1.61. The molecule has 1 aromatic carbocycles. The number of nitrogens with two attached hydrogens (primary N) is 1. The van der Waals surface area contributed by atoms with Gasteiger partial charge in [-0.15, -0.1) is 0 Å². The summed E-state index contributed by atoms with van der Waals surface area (Å²) in [6, 6.07) is 5.90. The normalized spacial score (nSPS) is 16.1. The average molecular weight is 254 g/mol. The standard InChI is InChI=1S/C11H14N2O3S/c1-13(9-5-6-9)17(15,16)10-4-2-3-8(7-10)11(12)14/h2-4,7,9H,5-6H2,1H3,(H2,12,14). The Morgan fingerprint density at radius 3 is 2.59 bits per heavy atom. The minimum absolute atomic E-state index is 0.0947. The van der Waals surface area contributed by atoms with Gasteiger partial charge in [0, 0.05) is 18.7 Å². The van der Waals surface area contributed by atoms with Crippen molar-refractivity contribution < 1.29 is 13.2 Å². The van der Waals surface area contributed by atoms with Crippen molar-refractivity contribution in [2.45, 2.75) is 23.8 Å². The van der Waals surface area contributed by atoms with Crippen LogP contribution in [0.1, 0.15) is 23.2 Å². The molecular weight excluding hydrogens is 240 g/mol. The quantitative estimate of drug-likeness (QED) is 0.853. The number of primary amides is 1. The molecule has 0 aliphatic heterocycles. The molecule has 5 nitrogen and oxygen atoms in total. The molecule has 0 radical (unpaired) electrons. The number of benzene rings is 1. The molecule has 0 bridgehead atoms. The van der Waals surface area contributed by atoms with Crippen LogP contribution in [0, 0.1) is 0 Å². The Labute approximate surface area is 100 Å². The molecular formula is C11H14N2O3S. The molecule has 0 saturated heterocycles. The number of rotatable bonds is 4. The van der Waals surface area contributed by atoms with Gasteiger partial charge in [0.2, 0.25) is 15.9 Å². The Morgan fingerprint density at radius 2 is 2.06 bits per heavy atom. The van der Waals surface area contributed by atoms with Crippen LogP contribution >= 0.6 is 0 Å². The Kier molecular flexibility index (Phi) is 2.92. The third-order valence-electron chi connectivity index (χ3n) is 2.86. The van der Waals surface area contributed by atoms with Gasteiger partial charge in [-0.1, -0.05) is 6.07 Å². The van der Waals surface area contributed by atoms with E-state index in [0.717, 1.165) is 12.8 Å². The van der Waals surface area contributed by atoms with E-state index in [-0.39, 0.29) is 16.5 Å². The smallest absolute Gasteiger partial charge is 0.248 e. The topological polar surface area (TPSA) is 80.5 Å². The van der Waals surface area contributed by atoms with E-state index in [4.69, 9.17) is 5.73 Å². The van der Waals surface area contributed by atoms with E-state index in [1.54, 1.807) is 7.05 Å². The molecule has 0 heterocycles. The number of amides is 1. The Bertz CT molecular complexity index is 550. The zero-order valence-electron chi connectivity index (χ0n) is 9.46. The van der Waals surface area contributed by atoms with Crippen molar-refractivity contribution in [3.05, 3.63) is 29.8 Å². The van der Waals surface area contributed by atoms with Crippen LogP contribution in [0.3, 0.4) is 0 Å². The highest BCUT2D eigenvalue weighted by Crippen LogP contribution is 2.30. The summed E-state index contributed by atoms with van der Waals surface area (Å²) in [5.41, 5.74) is 5.33. The molecule has 1 fully saturated rings. The first kappa shape index (κ1) is 12.1. The van der Waals surface area contributed by atoms with E-state index < -0.39 is 15.9 Å². The van der Waals surface area contributed by atoms with Gasteiger partial charge in [-0.2, -0.15) is 4.31 Å². The van der Waals surface area contributed by atoms with Gasteiger partial charge in [0.1, 0.15) is 0 Å². The second-order valence-corrected chi connectivity index (χ2v) is 6.14. The monoisotopic (exact) mass is 254 g/mol. The van der Waals surface area contributed by atoms with E-state index in [2.05, 4.69) is 0 Å². The summed E-state index contributed by atoms with van der Waals surface area (Å²) in [6.45, 7) is 0. The summed E-state index contributed by atoms with van der Waals surface area (Å²) < 4.78 is 25.7. The lowest BCUT2D eigenvalue weighted by atomic mass is 10.2. The Morgan fingerprint density at radius 1 is 1.41 bits per heavy atom. The summed E-state index contributed by atoms with van der Waals surface area (Å²) in [6.07, 6.45) is 1.79. The number of carbonyl (C=O) groups is 1. The lowest BCUT2D eigenvalue weighted by Gasteiger charge is -2.16. The summed E-state index contributed by atoms with van der Waals surface area (Å²) >= 11 is 0. The second-order valence-electron chi connectivity index (χ2n) is 4.14. The van der Waals surface area contributed by atoms with Crippen molar-refractivity contribution in [3.63, 3.8) is 0 Å². The van der Waals surface area contributed by atoms with Crippen molar-refractivity contribution in [2.24, 2.45) is 5.73 Å².